The van der Waals surface area contributed by atoms with Gasteiger partial charge in [0.25, 0.3) is 5.91 Å². The predicted molar refractivity (Wildman–Crippen MR) is 98.4 cm³/mol. The van der Waals surface area contributed by atoms with Crippen molar-refractivity contribution in [2.75, 3.05) is 30.0 Å². The quantitative estimate of drug-likeness (QED) is 0.752. The zero-order valence-electron chi connectivity index (χ0n) is 14.3. The monoisotopic (exact) mass is 378 g/mol. The molecule has 1 heterocycles. The molecule has 2 aliphatic rings. The van der Waals surface area contributed by atoms with Gasteiger partial charge in [0.2, 0.25) is 5.91 Å². The first-order chi connectivity index (χ1) is 12.5. The number of rotatable bonds is 7. The Kier molecular flexibility index (Phi) is 6.03. The minimum atomic E-state index is -0.907. The van der Waals surface area contributed by atoms with E-state index in [1.807, 2.05) is 0 Å². The number of hydrogen-bond acceptors (Lipinski definition) is 5. The van der Waals surface area contributed by atoms with Gasteiger partial charge in [-0.3, -0.25) is 14.4 Å². The van der Waals surface area contributed by atoms with Crippen molar-refractivity contribution in [2.45, 2.75) is 25.3 Å². The number of carbonyl (C=O) groups is 3. The number of carboxylic acids is 1. The van der Waals surface area contributed by atoms with Crippen LogP contribution in [0.2, 0.25) is 0 Å². The average molecular weight is 378 g/mol. The molecule has 1 aromatic rings. The molecule has 0 spiro atoms. The summed E-state index contributed by atoms with van der Waals surface area (Å²) in [5.74, 6) is 0.919. The van der Waals surface area contributed by atoms with Gasteiger partial charge in [0.05, 0.1) is 12.5 Å². The second kappa shape index (κ2) is 8.44. The van der Waals surface area contributed by atoms with E-state index in [0.29, 0.717) is 23.7 Å². The highest BCUT2D eigenvalue weighted by atomic mass is 32.2. The van der Waals surface area contributed by atoms with Crippen molar-refractivity contribution in [1.82, 2.24) is 4.90 Å². The molecule has 0 radical (unpaired) electrons. The minimum absolute atomic E-state index is 0.0144. The van der Waals surface area contributed by atoms with Crippen LogP contribution in [0.5, 0.6) is 5.75 Å². The maximum Gasteiger partial charge on any atom is 0.305 e. The van der Waals surface area contributed by atoms with Crippen molar-refractivity contribution < 1.29 is 24.2 Å². The van der Waals surface area contributed by atoms with Gasteiger partial charge in [-0.15, -0.1) is 0 Å². The summed E-state index contributed by atoms with van der Waals surface area (Å²) in [5, 5.41) is 11.8. The second-order valence-electron chi connectivity index (χ2n) is 6.49. The number of hydrogen-bond donors (Lipinski definition) is 2. The first kappa shape index (κ1) is 18.6. The first-order valence-corrected chi connectivity index (χ1v) is 9.81. The summed E-state index contributed by atoms with van der Waals surface area (Å²) in [6.07, 6.45) is 1.81. The lowest BCUT2D eigenvalue weighted by Gasteiger charge is -2.34. The standard InChI is InChI=1S/C18H22N2O5S/c21-16(20-6-7-26-11-14(20)9-17(22)23)10-25-15-3-1-2-13(8-15)19-18(24)12-4-5-12/h1-3,8,12,14H,4-7,9-11H2,(H,19,24)(H,22,23). The first-order valence-electron chi connectivity index (χ1n) is 8.65. The molecule has 1 aromatic carbocycles. The number of carbonyl (C=O) groups excluding carboxylic acids is 2. The van der Waals surface area contributed by atoms with E-state index in [0.717, 1.165) is 18.6 Å². The maximum atomic E-state index is 12.5. The van der Waals surface area contributed by atoms with Crippen LogP contribution in [0.1, 0.15) is 19.3 Å². The van der Waals surface area contributed by atoms with Crippen LogP contribution in [0.15, 0.2) is 24.3 Å². The van der Waals surface area contributed by atoms with Crippen LogP contribution in [0, 0.1) is 5.92 Å². The molecule has 3 rings (SSSR count). The summed E-state index contributed by atoms with van der Waals surface area (Å²) in [7, 11) is 0. The predicted octanol–water partition coefficient (Wildman–Crippen LogP) is 1.83. The van der Waals surface area contributed by atoms with Crippen molar-refractivity contribution in [3.8, 4) is 5.75 Å². The van der Waals surface area contributed by atoms with Crippen LogP contribution >= 0.6 is 11.8 Å². The maximum absolute atomic E-state index is 12.5. The van der Waals surface area contributed by atoms with Crippen LogP contribution < -0.4 is 10.1 Å². The molecule has 1 aliphatic heterocycles. The lowest BCUT2D eigenvalue weighted by atomic mass is 10.2. The van der Waals surface area contributed by atoms with E-state index in [1.165, 1.54) is 0 Å². The summed E-state index contributed by atoms with van der Waals surface area (Å²) in [5.41, 5.74) is 0.643. The third kappa shape index (κ3) is 5.14. The minimum Gasteiger partial charge on any atom is -0.484 e. The van der Waals surface area contributed by atoms with Gasteiger partial charge in [0.15, 0.2) is 6.61 Å². The van der Waals surface area contributed by atoms with E-state index in [-0.39, 0.29) is 36.8 Å². The summed E-state index contributed by atoms with van der Waals surface area (Å²) < 4.78 is 5.58. The molecule has 2 amide bonds. The lowest BCUT2D eigenvalue weighted by Crippen LogP contribution is -2.48. The molecule has 1 aliphatic carbocycles. The zero-order chi connectivity index (χ0) is 18.5. The molecule has 2 fully saturated rings. The van der Waals surface area contributed by atoms with Gasteiger partial charge in [0.1, 0.15) is 5.75 Å². The van der Waals surface area contributed by atoms with E-state index in [2.05, 4.69) is 5.32 Å². The molecular weight excluding hydrogens is 356 g/mol. The van der Waals surface area contributed by atoms with Crippen molar-refractivity contribution in [2.24, 2.45) is 5.92 Å². The van der Waals surface area contributed by atoms with E-state index < -0.39 is 5.97 Å². The Morgan fingerprint density at radius 1 is 1.31 bits per heavy atom. The number of carboxylic acid groups (broad SMARTS) is 1. The summed E-state index contributed by atoms with van der Waals surface area (Å²) in [4.78, 5) is 36.9. The van der Waals surface area contributed by atoms with E-state index in [1.54, 1.807) is 40.9 Å². The van der Waals surface area contributed by atoms with Gasteiger partial charge in [0, 0.05) is 35.7 Å². The van der Waals surface area contributed by atoms with E-state index in [4.69, 9.17) is 9.84 Å². The van der Waals surface area contributed by atoms with Gasteiger partial charge >= 0.3 is 5.97 Å². The van der Waals surface area contributed by atoms with Crippen molar-refractivity contribution >= 4 is 35.2 Å². The third-order valence-corrected chi connectivity index (χ3v) is 5.46. The van der Waals surface area contributed by atoms with Crippen LogP contribution in [0.3, 0.4) is 0 Å². The van der Waals surface area contributed by atoms with Gasteiger partial charge < -0.3 is 20.1 Å². The van der Waals surface area contributed by atoms with Gasteiger partial charge in [-0.2, -0.15) is 11.8 Å². The van der Waals surface area contributed by atoms with Crippen LogP contribution in [-0.4, -0.2) is 58.5 Å². The van der Waals surface area contributed by atoms with Crippen molar-refractivity contribution in [1.29, 1.82) is 0 Å². The second-order valence-corrected chi connectivity index (χ2v) is 7.64. The number of aliphatic carboxylic acids is 1. The highest BCUT2D eigenvalue weighted by molar-refractivity contribution is 7.99. The average Bonchev–Trinajstić information content (AvgIpc) is 3.45. The molecule has 2 N–H and O–H groups in total. The number of thioether (sulfide) groups is 1. The SMILES string of the molecule is O=C(O)CC1CSCCN1C(=O)COc1cccc(NC(=O)C2CC2)c1. The van der Waals surface area contributed by atoms with Gasteiger partial charge in [-0.1, -0.05) is 6.07 Å². The molecule has 7 nitrogen and oxygen atoms in total. The number of benzene rings is 1. The van der Waals surface area contributed by atoms with E-state index in [9.17, 15) is 14.4 Å². The topological polar surface area (TPSA) is 95.9 Å². The van der Waals surface area contributed by atoms with Crippen LogP contribution in [0.25, 0.3) is 0 Å². The summed E-state index contributed by atoms with van der Waals surface area (Å²) >= 11 is 1.66. The largest absolute Gasteiger partial charge is 0.484 e. The molecule has 1 unspecified atom stereocenters. The van der Waals surface area contributed by atoms with Crippen molar-refractivity contribution in [3.05, 3.63) is 24.3 Å². The lowest BCUT2D eigenvalue weighted by molar-refractivity contribution is -0.141. The number of amides is 2. The smallest absolute Gasteiger partial charge is 0.305 e. The molecule has 1 saturated carbocycles. The third-order valence-electron chi connectivity index (χ3n) is 4.37. The van der Waals surface area contributed by atoms with Crippen LogP contribution in [-0.2, 0) is 14.4 Å². The Balaban J connectivity index is 1.54. The molecule has 0 aromatic heterocycles. The Bertz CT molecular complexity index is 692. The van der Waals surface area contributed by atoms with E-state index >= 15 is 0 Å². The summed E-state index contributed by atoms with van der Waals surface area (Å²) in [6.45, 7) is 0.378. The normalized spacial score (nSPS) is 19.7. The molecule has 140 valence electrons. The Hall–Kier alpha value is -2.22. The fourth-order valence-electron chi connectivity index (χ4n) is 2.84. The van der Waals surface area contributed by atoms with Gasteiger partial charge in [-0.25, -0.2) is 0 Å². The number of anilines is 1. The highest BCUT2D eigenvalue weighted by Crippen LogP contribution is 2.30. The fraction of sp³-hybridized carbons (Fsp3) is 0.500. The van der Waals surface area contributed by atoms with Crippen LogP contribution in [0.4, 0.5) is 5.69 Å². The highest BCUT2D eigenvalue weighted by Gasteiger charge is 2.30. The van der Waals surface area contributed by atoms with Crippen molar-refractivity contribution in [3.63, 3.8) is 0 Å². The Labute approximate surface area is 156 Å². The molecule has 26 heavy (non-hydrogen) atoms. The fourth-order valence-corrected chi connectivity index (χ4v) is 3.90. The Morgan fingerprint density at radius 2 is 2.12 bits per heavy atom. The molecule has 8 heteroatoms. The number of nitrogens with zero attached hydrogens (tertiary/aromatic N) is 1. The number of nitrogens with one attached hydrogen (secondary N) is 1. The molecular formula is C18H22N2O5S. The molecule has 0 bridgehead atoms. The molecule has 1 saturated heterocycles. The zero-order valence-corrected chi connectivity index (χ0v) is 15.2. The van der Waals surface area contributed by atoms with Gasteiger partial charge in [-0.05, 0) is 25.0 Å². The summed E-state index contributed by atoms with van der Waals surface area (Å²) in [6, 6.07) is 6.65. The molecule has 1 atom stereocenters. The number of ether oxygens (including phenoxy) is 1. The Morgan fingerprint density at radius 3 is 2.85 bits per heavy atom.